The van der Waals surface area contributed by atoms with Crippen molar-refractivity contribution in [2.45, 2.75) is 44.5 Å². The van der Waals surface area contributed by atoms with E-state index >= 15 is 0 Å². The highest BCUT2D eigenvalue weighted by atomic mass is 35.5. The first-order chi connectivity index (χ1) is 8.98. The summed E-state index contributed by atoms with van der Waals surface area (Å²) in [4.78, 5) is 0. The van der Waals surface area contributed by atoms with Gasteiger partial charge in [0.25, 0.3) is 0 Å². The minimum Gasteiger partial charge on any atom is -0.456 e. The summed E-state index contributed by atoms with van der Waals surface area (Å²) in [6, 6.07) is 7.48. The Morgan fingerprint density at radius 3 is 2.58 bits per heavy atom. The van der Waals surface area contributed by atoms with Gasteiger partial charge in [0.2, 0.25) is 0 Å². The van der Waals surface area contributed by atoms with Crippen molar-refractivity contribution < 1.29 is 14.3 Å². The summed E-state index contributed by atoms with van der Waals surface area (Å²) in [6.07, 6.45) is 1.10. The molecule has 4 heteroatoms. The molecule has 1 saturated heterocycles. The molecule has 1 aliphatic rings. The van der Waals surface area contributed by atoms with Crippen LogP contribution >= 0.6 is 11.6 Å². The van der Waals surface area contributed by atoms with Crippen molar-refractivity contribution in [3.63, 3.8) is 0 Å². The number of rotatable bonds is 1. The van der Waals surface area contributed by atoms with Gasteiger partial charge in [0.15, 0.2) is 5.58 Å². The maximum atomic E-state index is 10.9. The van der Waals surface area contributed by atoms with Gasteiger partial charge in [-0.05, 0) is 26.0 Å². The normalized spacial score (nSPS) is 31.8. The SMILES string of the molecule is CC1CC(O)(c2cc3cccc(Cl)c3o2)CC(C)O1. The van der Waals surface area contributed by atoms with Gasteiger partial charge in [-0.3, -0.25) is 0 Å². The lowest BCUT2D eigenvalue weighted by molar-refractivity contribution is -0.143. The Hall–Kier alpha value is -1.03. The minimum atomic E-state index is -0.973. The lowest BCUT2D eigenvalue weighted by atomic mass is 9.85. The first-order valence-corrected chi connectivity index (χ1v) is 6.92. The fraction of sp³-hybridized carbons (Fsp3) is 0.467. The van der Waals surface area contributed by atoms with Gasteiger partial charge in [0.05, 0.1) is 17.2 Å². The molecule has 2 aromatic rings. The second kappa shape index (κ2) is 4.51. The molecule has 0 bridgehead atoms. The second-order valence-corrected chi connectivity index (χ2v) is 5.87. The third kappa shape index (κ3) is 2.27. The Kier molecular flexibility index (Phi) is 3.08. The van der Waals surface area contributed by atoms with E-state index in [-0.39, 0.29) is 12.2 Å². The Morgan fingerprint density at radius 1 is 1.26 bits per heavy atom. The fourth-order valence-corrected chi connectivity index (χ4v) is 3.21. The quantitative estimate of drug-likeness (QED) is 0.862. The van der Waals surface area contributed by atoms with Crippen LogP contribution in [-0.2, 0) is 10.3 Å². The van der Waals surface area contributed by atoms with Crippen molar-refractivity contribution >= 4 is 22.6 Å². The standard InChI is InChI=1S/C15H17ClO3/c1-9-7-15(17,8-10(2)18-9)13-6-11-4-3-5-12(16)14(11)19-13/h3-6,9-10,17H,7-8H2,1-2H3. The molecule has 1 N–H and O–H groups in total. The van der Waals surface area contributed by atoms with Gasteiger partial charge in [0.1, 0.15) is 11.4 Å². The molecule has 0 aliphatic carbocycles. The van der Waals surface area contributed by atoms with E-state index in [1.165, 1.54) is 0 Å². The second-order valence-electron chi connectivity index (χ2n) is 5.47. The van der Waals surface area contributed by atoms with Crippen LogP contribution in [-0.4, -0.2) is 17.3 Å². The monoisotopic (exact) mass is 280 g/mol. The highest BCUT2D eigenvalue weighted by Gasteiger charge is 2.41. The smallest absolute Gasteiger partial charge is 0.153 e. The summed E-state index contributed by atoms with van der Waals surface area (Å²) in [5.74, 6) is 0.581. The molecule has 2 heterocycles. The van der Waals surface area contributed by atoms with Crippen LogP contribution in [0.3, 0.4) is 0 Å². The molecule has 1 fully saturated rings. The number of hydrogen-bond donors (Lipinski definition) is 1. The van der Waals surface area contributed by atoms with E-state index in [4.69, 9.17) is 20.8 Å². The molecule has 102 valence electrons. The molecular formula is C15H17ClO3. The Labute approximate surface area is 117 Å². The van der Waals surface area contributed by atoms with Gasteiger partial charge < -0.3 is 14.3 Å². The van der Waals surface area contributed by atoms with Crippen molar-refractivity contribution in [3.05, 3.63) is 35.0 Å². The average molecular weight is 281 g/mol. The van der Waals surface area contributed by atoms with Crippen LogP contribution in [0.5, 0.6) is 0 Å². The van der Waals surface area contributed by atoms with Crippen molar-refractivity contribution in [2.75, 3.05) is 0 Å². The van der Waals surface area contributed by atoms with Crippen LogP contribution in [0.15, 0.2) is 28.7 Å². The summed E-state index contributed by atoms with van der Waals surface area (Å²) >= 11 is 6.11. The van der Waals surface area contributed by atoms with Gasteiger partial charge in [-0.25, -0.2) is 0 Å². The van der Waals surface area contributed by atoms with Gasteiger partial charge in [-0.15, -0.1) is 0 Å². The Balaban J connectivity index is 2.05. The van der Waals surface area contributed by atoms with Crippen molar-refractivity contribution in [1.29, 1.82) is 0 Å². The van der Waals surface area contributed by atoms with Gasteiger partial charge in [-0.1, -0.05) is 23.7 Å². The third-order valence-corrected chi connectivity index (χ3v) is 3.97. The number of ether oxygens (including phenoxy) is 1. The van der Waals surface area contributed by atoms with E-state index in [1.807, 2.05) is 32.0 Å². The van der Waals surface area contributed by atoms with Crippen molar-refractivity contribution in [3.8, 4) is 0 Å². The topological polar surface area (TPSA) is 42.6 Å². The van der Waals surface area contributed by atoms with Crippen LogP contribution in [0.4, 0.5) is 0 Å². The van der Waals surface area contributed by atoms with E-state index in [0.717, 1.165) is 5.39 Å². The van der Waals surface area contributed by atoms with Crippen molar-refractivity contribution in [1.82, 2.24) is 0 Å². The molecule has 3 rings (SSSR count). The summed E-state index contributed by atoms with van der Waals surface area (Å²) < 4.78 is 11.5. The van der Waals surface area contributed by atoms with Crippen molar-refractivity contribution in [2.24, 2.45) is 0 Å². The molecule has 0 spiro atoms. The number of benzene rings is 1. The Bertz CT molecular complexity index is 594. The van der Waals surface area contributed by atoms with Crippen LogP contribution in [0.2, 0.25) is 5.02 Å². The molecule has 19 heavy (non-hydrogen) atoms. The van der Waals surface area contributed by atoms with Crippen LogP contribution < -0.4 is 0 Å². The molecule has 0 radical (unpaired) electrons. The highest BCUT2D eigenvalue weighted by Crippen LogP contribution is 2.40. The zero-order chi connectivity index (χ0) is 13.6. The van der Waals surface area contributed by atoms with E-state index < -0.39 is 5.60 Å². The molecular weight excluding hydrogens is 264 g/mol. The minimum absolute atomic E-state index is 0.0115. The highest BCUT2D eigenvalue weighted by molar-refractivity contribution is 6.34. The zero-order valence-electron chi connectivity index (χ0n) is 11.0. The first kappa shape index (κ1) is 13.0. The predicted octanol–water partition coefficient (Wildman–Crippen LogP) is 3.86. The molecule has 1 aromatic heterocycles. The van der Waals surface area contributed by atoms with E-state index in [9.17, 15) is 5.11 Å². The maximum Gasteiger partial charge on any atom is 0.153 e. The largest absolute Gasteiger partial charge is 0.456 e. The van der Waals surface area contributed by atoms with Crippen LogP contribution in [0.1, 0.15) is 32.4 Å². The number of aliphatic hydroxyl groups is 1. The van der Waals surface area contributed by atoms with E-state index in [0.29, 0.717) is 29.2 Å². The number of fused-ring (bicyclic) bond motifs is 1. The number of halogens is 1. The van der Waals surface area contributed by atoms with E-state index in [2.05, 4.69) is 0 Å². The maximum absolute atomic E-state index is 10.9. The molecule has 0 amide bonds. The number of furan rings is 1. The summed E-state index contributed by atoms with van der Waals surface area (Å²) in [6.45, 7) is 3.94. The van der Waals surface area contributed by atoms with Crippen LogP contribution in [0.25, 0.3) is 11.0 Å². The summed E-state index contributed by atoms with van der Waals surface area (Å²) in [5.41, 5.74) is -0.334. The summed E-state index contributed by atoms with van der Waals surface area (Å²) in [7, 11) is 0. The average Bonchev–Trinajstić information content (AvgIpc) is 2.73. The van der Waals surface area contributed by atoms with Gasteiger partial charge in [0, 0.05) is 18.2 Å². The van der Waals surface area contributed by atoms with E-state index in [1.54, 1.807) is 6.07 Å². The molecule has 0 saturated carbocycles. The number of hydrogen-bond acceptors (Lipinski definition) is 3. The lowest BCUT2D eigenvalue weighted by Gasteiger charge is -2.37. The first-order valence-electron chi connectivity index (χ1n) is 6.54. The predicted molar refractivity (Wildman–Crippen MR) is 74.4 cm³/mol. The zero-order valence-corrected chi connectivity index (χ0v) is 11.8. The lowest BCUT2D eigenvalue weighted by Crippen LogP contribution is -2.40. The van der Waals surface area contributed by atoms with Gasteiger partial charge in [-0.2, -0.15) is 0 Å². The molecule has 3 nitrogen and oxygen atoms in total. The molecule has 2 atom stereocenters. The fourth-order valence-electron chi connectivity index (χ4n) is 2.99. The third-order valence-electron chi connectivity index (χ3n) is 3.67. The van der Waals surface area contributed by atoms with Crippen LogP contribution in [0, 0.1) is 0 Å². The number of para-hydroxylation sites is 1. The molecule has 1 aromatic carbocycles. The Morgan fingerprint density at radius 2 is 1.95 bits per heavy atom. The molecule has 1 aliphatic heterocycles. The van der Waals surface area contributed by atoms with Gasteiger partial charge >= 0.3 is 0 Å². The summed E-state index contributed by atoms with van der Waals surface area (Å²) in [5, 5.41) is 12.3. The molecule has 2 unspecified atom stereocenters.